The molecule has 0 amide bonds. The quantitative estimate of drug-likeness (QED) is 0.0849. The Morgan fingerprint density at radius 1 is 0.679 bits per heavy atom. The first kappa shape index (κ1) is 51.1. The van der Waals surface area contributed by atoms with E-state index in [2.05, 4.69) is 110 Å². The van der Waals surface area contributed by atoms with E-state index in [1.165, 1.54) is 6.42 Å². The van der Waals surface area contributed by atoms with Crippen LogP contribution in [0.15, 0.2) is 36.7 Å². The van der Waals surface area contributed by atoms with Gasteiger partial charge < -0.3 is 14.6 Å². The standard InChI is InChI=1S/C19H36N2O3SSi.C11H20N2OSi.C8H17ClO2S/c1-16(2)11-9-8-10-14-25(22,23)21-18-13-12-17(15-20-18)24-26(6,7)19(3,4)5;1-11(2,3)15(4,5)14-9-6-7-10(12)13-8-9;1-8(2)6-4-3-5-7-12(9,10)11/h12-13,15-16H,8-11,14H2,1-7H3,(H,20,21);6-8H,1-5H3,(H2,12,13);8H,3-7H2,1-2H3. The number of sulfonamides is 1. The number of anilines is 2. The Morgan fingerprint density at radius 2 is 1.09 bits per heavy atom. The van der Waals surface area contributed by atoms with E-state index in [1.807, 2.05) is 6.07 Å². The van der Waals surface area contributed by atoms with Crippen LogP contribution in [0.25, 0.3) is 0 Å². The third kappa shape index (κ3) is 24.3. The molecule has 0 saturated carbocycles. The number of nitrogens with two attached hydrogens (primary N) is 1. The van der Waals surface area contributed by atoms with Gasteiger partial charge in [0.2, 0.25) is 19.1 Å². The molecule has 0 aliphatic rings. The Morgan fingerprint density at radius 3 is 1.43 bits per heavy atom. The van der Waals surface area contributed by atoms with Crippen LogP contribution in [0.3, 0.4) is 0 Å². The Kier molecular flexibility index (Phi) is 21.8. The first-order chi connectivity index (χ1) is 24.0. The monoisotopic (exact) mass is 836 g/mol. The highest BCUT2D eigenvalue weighted by atomic mass is 35.7. The number of rotatable bonds is 18. The van der Waals surface area contributed by atoms with Gasteiger partial charge in [0.25, 0.3) is 16.6 Å². The fourth-order valence-corrected chi connectivity index (χ4v) is 8.12. The van der Waals surface area contributed by atoms with E-state index in [-0.39, 0.29) is 21.6 Å². The fraction of sp³-hybridized carbons (Fsp3) is 0.737. The summed E-state index contributed by atoms with van der Waals surface area (Å²) in [5.74, 6) is 4.00. The zero-order valence-electron chi connectivity index (χ0n) is 35.3. The molecule has 3 N–H and O–H groups in total. The Bertz CT molecular complexity index is 1530. The van der Waals surface area contributed by atoms with Gasteiger partial charge in [-0.1, -0.05) is 108 Å². The van der Waals surface area contributed by atoms with Gasteiger partial charge in [-0.05, 0) is 85.2 Å². The van der Waals surface area contributed by atoms with Gasteiger partial charge in [-0.3, -0.25) is 4.72 Å². The van der Waals surface area contributed by atoms with Crippen molar-refractivity contribution in [3.8, 4) is 11.5 Å². The molecule has 0 aliphatic carbocycles. The Labute approximate surface area is 330 Å². The van der Waals surface area contributed by atoms with Gasteiger partial charge in [-0.2, -0.15) is 0 Å². The number of unbranched alkanes of at least 4 members (excludes halogenated alkanes) is 4. The third-order valence-corrected chi connectivity index (χ3v) is 20.8. The van der Waals surface area contributed by atoms with Gasteiger partial charge in [-0.15, -0.1) is 0 Å². The van der Waals surface area contributed by atoms with Crippen LogP contribution in [-0.4, -0.2) is 54.9 Å². The fourth-order valence-electron chi connectivity index (χ4n) is 4.08. The lowest BCUT2D eigenvalue weighted by atomic mass is 10.1. The number of nitrogens with zero attached hydrogens (tertiary/aromatic N) is 2. The molecule has 2 aromatic heterocycles. The van der Waals surface area contributed by atoms with Crippen molar-refractivity contribution in [1.29, 1.82) is 0 Å². The molecule has 2 rings (SSSR count). The van der Waals surface area contributed by atoms with Crippen LogP contribution in [0, 0.1) is 11.8 Å². The zero-order valence-corrected chi connectivity index (χ0v) is 39.7. The van der Waals surface area contributed by atoms with Crippen molar-refractivity contribution in [2.45, 2.75) is 157 Å². The molecule has 53 heavy (non-hydrogen) atoms. The van der Waals surface area contributed by atoms with Crippen LogP contribution in [0.5, 0.6) is 11.5 Å². The molecule has 0 aromatic carbocycles. The van der Waals surface area contributed by atoms with Crippen LogP contribution in [0.1, 0.15) is 121 Å². The predicted octanol–water partition coefficient (Wildman–Crippen LogP) is 11.2. The lowest BCUT2D eigenvalue weighted by molar-refractivity contribution is 0.490. The third-order valence-electron chi connectivity index (χ3n) is 9.48. The van der Waals surface area contributed by atoms with Gasteiger partial charge in [-0.25, -0.2) is 26.8 Å². The second-order valence-corrected chi connectivity index (χ2v) is 31.9. The van der Waals surface area contributed by atoms with Crippen LogP contribution in [0.4, 0.5) is 11.6 Å². The summed E-state index contributed by atoms with van der Waals surface area (Å²) in [6, 6.07) is 7.10. The number of hydrogen-bond donors (Lipinski definition) is 2. The summed E-state index contributed by atoms with van der Waals surface area (Å²) in [5, 5.41) is 0.303. The smallest absolute Gasteiger partial charge is 0.250 e. The molecular formula is C38H73ClN4O6S2Si2. The number of nitrogens with one attached hydrogen (secondary N) is 1. The molecule has 10 nitrogen and oxygen atoms in total. The molecule has 308 valence electrons. The summed E-state index contributed by atoms with van der Waals surface area (Å²) < 4.78 is 60.1. The first-order valence-corrected chi connectivity index (χ1v) is 28.9. The maximum absolute atomic E-state index is 12.2. The average Bonchev–Trinajstić information content (AvgIpc) is 2.97. The van der Waals surface area contributed by atoms with E-state index < -0.39 is 35.7 Å². The molecular weight excluding hydrogens is 764 g/mol. The molecule has 15 heteroatoms. The van der Waals surface area contributed by atoms with Gasteiger partial charge in [0.05, 0.1) is 23.9 Å². The average molecular weight is 838 g/mol. The summed E-state index contributed by atoms with van der Waals surface area (Å²) in [7, 11) is -5.22. The second-order valence-electron chi connectivity index (χ2n) is 17.7. The molecule has 0 saturated heterocycles. The van der Waals surface area contributed by atoms with Crippen molar-refractivity contribution >= 4 is 58.0 Å². The van der Waals surface area contributed by atoms with E-state index >= 15 is 0 Å². The number of hydrogen-bond acceptors (Lipinski definition) is 9. The summed E-state index contributed by atoms with van der Waals surface area (Å²) in [4.78, 5) is 8.22. The summed E-state index contributed by atoms with van der Waals surface area (Å²) >= 11 is 0. The minimum atomic E-state index is -3.35. The highest BCUT2D eigenvalue weighted by molar-refractivity contribution is 8.13. The molecule has 0 bridgehead atoms. The summed E-state index contributed by atoms with van der Waals surface area (Å²) in [5.41, 5.74) is 5.52. The molecule has 0 atom stereocenters. The minimum Gasteiger partial charge on any atom is -0.542 e. The first-order valence-electron chi connectivity index (χ1n) is 18.9. The topological polar surface area (TPSA) is 151 Å². The molecule has 0 fully saturated rings. The molecule has 0 spiro atoms. The largest absolute Gasteiger partial charge is 0.542 e. The van der Waals surface area contributed by atoms with Crippen molar-refractivity contribution in [3.63, 3.8) is 0 Å². The zero-order chi connectivity index (χ0) is 41.3. The molecule has 2 aromatic rings. The minimum absolute atomic E-state index is 0.100. The molecule has 0 radical (unpaired) electrons. The van der Waals surface area contributed by atoms with Crippen molar-refractivity contribution in [1.82, 2.24) is 9.97 Å². The summed E-state index contributed by atoms with van der Waals surface area (Å²) in [6.07, 6.45) is 11.0. The number of pyridine rings is 2. The van der Waals surface area contributed by atoms with E-state index in [0.717, 1.165) is 37.9 Å². The normalized spacial score (nSPS) is 12.8. The van der Waals surface area contributed by atoms with E-state index in [0.29, 0.717) is 42.1 Å². The SMILES string of the molecule is CC(C)(C)[Si](C)(C)Oc1ccc(N)nc1.CC(C)CCCCCS(=O)(=O)Cl.CC(C)CCCCCS(=O)(=O)Nc1ccc(O[Si](C)(C)C(C)(C)C)cn1. The number of aromatic nitrogens is 2. The molecule has 0 aliphatic heterocycles. The maximum Gasteiger partial charge on any atom is 0.250 e. The van der Waals surface area contributed by atoms with Crippen LogP contribution in [0.2, 0.25) is 36.3 Å². The van der Waals surface area contributed by atoms with Crippen molar-refractivity contribution in [2.75, 3.05) is 22.0 Å². The highest BCUT2D eigenvalue weighted by Crippen LogP contribution is 2.38. The molecule has 0 unspecified atom stereocenters. The highest BCUT2D eigenvalue weighted by Gasteiger charge is 2.39. The van der Waals surface area contributed by atoms with Crippen LogP contribution >= 0.6 is 10.7 Å². The van der Waals surface area contributed by atoms with Crippen molar-refractivity contribution < 1.29 is 25.7 Å². The Hall–Kier alpha value is -1.88. The van der Waals surface area contributed by atoms with Crippen molar-refractivity contribution in [2.24, 2.45) is 11.8 Å². The van der Waals surface area contributed by atoms with E-state index in [1.54, 1.807) is 30.6 Å². The number of nitrogen functional groups attached to an aromatic ring is 1. The maximum atomic E-state index is 12.2. The number of halogens is 1. The van der Waals surface area contributed by atoms with Gasteiger partial charge >= 0.3 is 0 Å². The second kappa shape index (κ2) is 22.6. The van der Waals surface area contributed by atoms with E-state index in [4.69, 9.17) is 25.3 Å². The van der Waals surface area contributed by atoms with Crippen LogP contribution < -0.4 is 19.3 Å². The van der Waals surface area contributed by atoms with Gasteiger partial charge in [0, 0.05) is 10.7 Å². The van der Waals surface area contributed by atoms with Crippen LogP contribution in [-0.2, 0) is 19.1 Å². The van der Waals surface area contributed by atoms with E-state index in [9.17, 15) is 16.8 Å². The predicted molar refractivity (Wildman–Crippen MR) is 232 cm³/mol. The lowest BCUT2D eigenvalue weighted by Crippen LogP contribution is -2.43. The van der Waals surface area contributed by atoms with Crippen molar-refractivity contribution in [3.05, 3.63) is 36.7 Å². The summed E-state index contributed by atoms with van der Waals surface area (Å²) in [6.45, 7) is 30.6. The lowest BCUT2D eigenvalue weighted by Gasteiger charge is -2.36. The molecule has 2 heterocycles. The van der Waals surface area contributed by atoms with Gasteiger partial charge in [0.15, 0.2) is 0 Å². The van der Waals surface area contributed by atoms with Gasteiger partial charge in [0.1, 0.15) is 23.1 Å². The Balaban J connectivity index is 0.000000846.